The normalized spacial score (nSPS) is 11.1. The van der Waals surface area contributed by atoms with Crippen LogP contribution in [0.25, 0.3) is 0 Å². The molecule has 2 heterocycles. The van der Waals surface area contributed by atoms with Gasteiger partial charge in [-0.1, -0.05) is 20.8 Å². The molecule has 0 amide bonds. The first-order valence-corrected chi connectivity index (χ1v) is 6.44. The van der Waals surface area contributed by atoms with E-state index >= 15 is 0 Å². The fourth-order valence-corrected chi connectivity index (χ4v) is 2.14. The van der Waals surface area contributed by atoms with Crippen LogP contribution >= 0.6 is 11.5 Å². The third kappa shape index (κ3) is 2.80. The molecule has 0 aliphatic heterocycles. The van der Waals surface area contributed by atoms with Crippen LogP contribution in [0.3, 0.4) is 0 Å². The zero-order valence-electron chi connectivity index (χ0n) is 10.8. The lowest BCUT2D eigenvalue weighted by molar-refractivity contribution is 0.567. The van der Waals surface area contributed by atoms with Gasteiger partial charge in [0.15, 0.2) is 5.56 Å². The lowest BCUT2D eigenvalue weighted by Crippen LogP contribution is -2.14. The van der Waals surface area contributed by atoms with E-state index in [1.165, 1.54) is 6.33 Å². The Kier molecular flexibility index (Phi) is 3.36. The SMILES string of the molecule is CC(C)(C)c1cc(Nc2s[nH]c(=O)c2C#N)ncn1. The van der Waals surface area contributed by atoms with Crippen LogP contribution in [-0.2, 0) is 5.41 Å². The van der Waals surface area contributed by atoms with E-state index in [1.54, 1.807) is 0 Å². The van der Waals surface area contributed by atoms with E-state index in [0.717, 1.165) is 17.2 Å². The first-order valence-electron chi connectivity index (χ1n) is 5.63. The van der Waals surface area contributed by atoms with Crippen LogP contribution in [0.5, 0.6) is 0 Å². The van der Waals surface area contributed by atoms with Crippen molar-refractivity contribution in [2.75, 3.05) is 5.32 Å². The molecule has 0 spiro atoms. The van der Waals surface area contributed by atoms with Crippen LogP contribution in [0, 0.1) is 11.3 Å². The molecule has 0 aromatic carbocycles. The summed E-state index contributed by atoms with van der Waals surface area (Å²) in [6, 6.07) is 3.68. The van der Waals surface area contributed by atoms with Crippen molar-refractivity contribution in [1.82, 2.24) is 14.3 Å². The molecule has 0 aliphatic rings. The maximum Gasteiger partial charge on any atom is 0.278 e. The van der Waals surface area contributed by atoms with Gasteiger partial charge in [0.1, 0.15) is 23.2 Å². The molecular formula is C12H13N5OS. The van der Waals surface area contributed by atoms with E-state index in [9.17, 15) is 4.79 Å². The molecule has 2 aromatic heterocycles. The zero-order valence-corrected chi connectivity index (χ0v) is 11.6. The minimum absolute atomic E-state index is 0.0703. The van der Waals surface area contributed by atoms with Crippen molar-refractivity contribution in [3.8, 4) is 6.07 Å². The molecule has 0 aliphatic carbocycles. The summed E-state index contributed by atoms with van der Waals surface area (Å²) in [5.74, 6) is 0.562. The van der Waals surface area contributed by atoms with Crippen LogP contribution < -0.4 is 10.9 Å². The second kappa shape index (κ2) is 4.82. The maximum absolute atomic E-state index is 11.3. The van der Waals surface area contributed by atoms with Gasteiger partial charge < -0.3 is 5.32 Å². The Balaban J connectivity index is 2.35. The van der Waals surface area contributed by atoms with Gasteiger partial charge in [0.05, 0.1) is 5.69 Å². The van der Waals surface area contributed by atoms with Crippen LogP contribution in [0.15, 0.2) is 17.2 Å². The zero-order chi connectivity index (χ0) is 14.0. The van der Waals surface area contributed by atoms with Gasteiger partial charge in [-0.05, 0) is 11.5 Å². The predicted molar refractivity (Wildman–Crippen MR) is 73.7 cm³/mol. The van der Waals surface area contributed by atoms with Crippen LogP contribution in [0.1, 0.15) is 32.0 Å². The number of hydrogen-bond donors (Lipinski definition) is 2. The number of rotatable bonds is 2. The summed E-state index contributed by atoms with van der Waals surface area (Å²) in [6.45, 7) is 6.15. The van der Waals surface area contributed by atoms with Gasteiger partial charge in [-0.2, -0.15) is 5.26 Å². The van der Waals surface area contributed by atoms with Crippen molar-refractivity contribution in [3.63, 3.8) is 0 Å². The van der Waals surface area contributed by atoms with E-state index in [4.69, 9.17) is 5.26 Å². The molecule has 0 saturated heterocycles. The van der Waals surface area contributed by atoms with Gasteiger partial charge >= 0.3 is 0 Å². The Morgan fingerprint density at radius 1 is 1.42 bits per heavy atom. The lowest BCUT2D eigenvalue weighted by Gasteiger charge is -2.17. The number of nitriles is 1. The molecule has 0 fully saturated rings. The number of H-pyrrole nitrogens is 1. The standard InChI is InChI=1S/C12H13N5OS/c1-12(2,3)8-4-9(15-6-14-8)16-11-7(5-13)10(18)17-19-11/h4,6H,1-3H3,(H,17,18)(H,14,15,16). The van der Waals surface area contributed by atoms with Crippen LogP contribution in [-0.4, -0.2) is 14.3 Å². The Bertz CT molecular complexity index is 689. The Hall–Kier alpha value is -2.20. The van der Waals surface area contributed by atoms with E-state index in [2.05, 4.69) is 40.4 Å². The molecule has 7 heteroatoms. The predicted octanol–water partition coefficient (Wildman–Crippen LogP) is 2.14. The molecule has 2 aromatic rings. The van der Waals surface area contributed by atoms with E-state index < -0.39 is 0 Å². The first kappa shape index (κ1) is 13.2. The number of hydrogen-bond acceptors (Lipinski definition) is 6. The third-order valence-electron chi connectivity index (χ3n) is 2.49. The number of aromatic nitrogens is 3. The summed E-state index contributed by atoms with van der Waals surface area (Å²) >= 11 is 1.08. The van der Waals surface area contributed by atoms with Crippen molar-refractivity contribution < 1.29 is 0 Å². The van der Waals surface area contributed by atoms with Gasteiger partial charge in [-0.15, -0.1) is 0 Å². The summed E-state index contributed by atoms with van der Waals surface area (Å²) in [4.78, 5) is 19.7. The van der Waals surface area contributed by atoms with Crippen molar-refractivity contribution in [2.24, 2.45) is 0 Å². The number of nitrogens with zero attached hydrogens (tertiary/aromatic N) is 3. The minimum Gasteiger partial charge on any atom is -0.329 e. The van der Waals surface area contributed by atoms with Crippen LogP contribution in [0.2, 0.25) is 0 Å². The molecule has 19 heavy (non-hydrogen) atoms. The Labute approximate surface area is 114 Å². The largest absolute Gasteiger partial charge is 0.329 e. The Morgan fingerprint density at radius 3 is 2.79 bits per heavy atom. The lowest BCUT2D eigenvalue weighted by atomic mass is 9.92. The van der Waals surface area contributed by atoms with Gasteiger partial charge in [-0.3, -0.25) is 9.17 Å². The summed E-state index contributed by atoms with van der Waals surface area (Å²) in [7, 11) is 0. The van der Waals surface area contributed by atoms with E-state index in [-0.39, 0.29) is 16.5 Å². The highest BCUT2D eigenvalue weighted by Crippen LogP contribution is 2.24. The summed E-state index contributed by atoms with van der Waals surface area (Å²) in [5, 5.41) is 12.3. The number of nitrogens with one attached hydrogen (secondary N) is 2. The number of aromatic amines is 1. The highest BCUT2D eigenvalue weighted by molar-refractivity contribution is 7.10. The smallest absolute Gasteiger partial charge is 0.278 e. The summed E-state index contributed by atoms with van der Waals surface area (Å²) in [5.41, 5.74) is 0.468. The fraction of sp³-hybridized carbons (Fsp3) is 0.333. The summed E-state index contributed by atoms with van der Waals surface area (Å²) in [6.07, 6.45) is 1.46. The summed E-state index contributed by atoms with van der Waals surface area (Å²) < 4.78 is 2.51. The molecule has 2 N–H and O–H groups in total. The molecule has 98 valence electrons. The van der Waals surface area contributed by atoms with Gasteiger partial charge in [0.25, 0.3) is 5.56 Å². The highest BCUT2D eigenvalue weighted by atomic mass is 32.1. The quantitative estimate of drug-likeness (QED) is 0.875. The molecule has 6 nitrogen and oxygen atoms in total. The van der Waals surface area contributed by atoms with Crippen molar-refractivity contribution in [2.45, 2.75) is 26.2 Å². The molecule has 0 unspecified atom stereocenters. The topological polar surface area (TPSA) is 94.5 Å². The maximum atomic E-state index is 11.3. The van der Waals surface area contributed by atoms with E-state index in [1.807, 2.05) is 12.1 Å². The van der Waals surface area contributed by atoms with Crippen molar-refractivity contribution in [1.29, 1.82) is 5.26 Å². The molecule has 0 atom stereocenters. The fourth-order valence-electron chi connectivity index (χ4n) is 1.44. The molecule has 0 bridgehead atoms. The first-order chi connectivity index (χ1) is 8.91. The third-order valence-corrected chi connectivity index (χ3v) is 3.29. The monoisotopic (exact) mass is 275 g/mol. The molecule has 0 saturated carbocycles. The molecule has 2 rings (SSSR count). The highest BCUT2D eigenvalue weighted by Gasteiger charge is 2.17. The average molecular weight is 275 g/mol. The Morgan fingerprint density at radius 2 is 2.16 bits per heavy atom. The van der Waals surface area contributed by atoms with Gasteiger partial charge in [0, 0.05) is 11.5 Å². The minimum atomic E-state index is -0.389. The number of anilines is 2. The van der Waals surface area contributed by atoms with Gasteiger partial charge in [0.2, 0.25) is 0 Å². The molecular weight excluding hydrogens is 262 g/mol. The van der Waals surface area contributed by atoms with Crippen molar-refractivity contribution >= 4 is 22.4 Å². The van der Waals surface area contributed by atoms with E-state index in [0.29, 0.717) is 10.8 Å². The van der Waals surface area contributed by atoms with Gasteiger partial charge in [-0.25, -0.2) is 9.97 Å². The van der Waals surface area contributed by atoms with Crippen molar-refractivity contribution in [3.05, 3.63) is 34.0 Å². The average Bonchev–Trinajstić information content (AvgIpc) is 2.69. The second-order valence-electron chi connectivity index (χ2n) is 5.01. The van der Waals surface area contributed by atoms with Crippen LogP contribution in [0.4, 0.5) is 10.8 Å². The second-order valence-corrected chi connectivity index (χ2v) is 5.83. The molecule has 0 radical (unpaired) electrons.